The summed E-state index contributed by atoms with van der Waals surface area (Å²) in [5.74, 6) is -0.676. The minimum absolute atomic E-state index is 0.676. The molecule has 0 aliphatic rings. The summed E-state index contributed by atoms with van der Waals surface area (Å²) in [7, 11) is 1.60. The van der Waals surface area contributed by atoms with E-state index in [1.165, 1.54) is 0 Å². The minimum atomic E-state index is -0.818. The van der Waals surface area contributed by atoms with Gasteiger partial charge in [0.25, 0.3) is 0 Å². The summed E-state index contributed by atoms with van der Waals surface area (Å²) in [6, 6.07) is 0. The van der Waals surface area contributed by atoms with Gasteiger partial charge in [-0.25, -0.2) is 0 Å². The molecule has 0 fully saturated rings. The number of rotatable bonds is 2. The van der Waals surface area contributed by atoms with E-state index < -0.39 is 11.4 Å². The van der Waals surface area contributed by atoms with E-state index in [2.05, 4.69) is 10.5 Å². The molecule has 0 saturated heterocycles. The molecule has 0 aromatic rings. The van der Waals surface area contributed by atoms with Gasteiger partial charge in [-0.1, -0.05) is 0 Å². The van der Waals surface area contributed by atoms with Crippen LogP contribution in [0.1, 0.15) is 13.8 Å². The van der Waals surface area contributed by atoms with Crippen molar-refractivity contribution in [3.05, 3.63) is 4.91 Å². The second-order valence-corrected chi connectivity index (χ2v) is 2.27. The van der Waals surface area contributed by atoms with E-state index in [1.54, 1.807) is 20.9 Å². The first-order valence-electron chi connectivity index (χ1n) is 2.61. The number of amides is 1. The number of hydrogen-bond acceptors (Lipinski definition) is 3. The molecule has 0 rings (SSSR count). The first-order valence-corrected chi connectivity index (χ1v) is 2.61. The highest BCUT2D eigenvalue weighted by molar-refractivity contribution is 5.85. The zero-order valence-corrected chi connectivity index (χ0v) is 5.76. The fourth-order valence-electron chi connectivity index (χ4n) is 0.221. The Morgan fingerprint density at radius 3 is 2.11 bits per heavy atom. The number of hydrogen-bond donors (Lipinski definition) is 1. The molecule has 0 heterocycles. The van der Waals surface area contributed by atoms with Crippen LogP contribution in [0, 0.1) is 4.91 Å². The smallest absolute Gasteiger partial charge is 0.305 e. The highest BCUT2D eigenvalue weighted by Crippen LogP contribution is 2.01. The van der Waals surface area contributed by atoms with Gasteiger partial charge < -0.3 is 5.32 Å². The van der Waals surface area contributed by atoms with Gasteiger partial charge in [0.15, 0.2) is 0 Å². The molecule has 4 nitrogen and oxygen atoms in total. The lowest BCUT2D eigenvalue weighted by Crippen LogP contribution is -2.43. The lowest BCUT2D eigenvalue weighted by molar-refractivity contribution is -0.122. The monoisotopic (exact) mass is 130 g/mol. The number of nitrogens with one attached hydrogen (secondary N) is 1. The van der Waals surface area contributed by atoms with Crippen molar-refractivity contribution in [1.82, 2.24) is 5.32 Å². The van der Waals surface area contributed by atoms with Crippen molar-refractivity contribution in [2.45, 2.75) is 19.4 Å². The molecule has 0 aromatic heterocycles. The number of carbonyl (C=O) groups excluding carboxylic acids is 1. The van der Waals surface area contributed by atoms with E-state index in [1.807, 2.05) is 0 Å². The zero-order chi connectivity index (χ0) is 7.49. The maximum Gasteiger partial charge on any atom is 0.305 e. The van der Waals surface area contributed by atoms with Crippen LogP contribution in [-0.4, -0.2) is 18.5 Å². The number of carbonyl (C=O) groups is 1. The van der Waals surface area contributed by atoms with Gasteiger partial charge in [-0.05, 0) is 20.9 Å². The Bertz CT molecular complexity index is 131. The molecule has 9 heavy (non-hydrogen) atoms. The van der Waals surface area contributed by atoms with Gasteiger partial charge >= 0.3 is 5.91 Å². The van der Waals surface area contributed by atoms with Crippen LogP contribution in [0.3, 0.4) is 0 Å². The molecule has 0 spiro atoms. The van der Waals surface area contributed by atoms with Gasteiger partial charge in [-0.3, -0.25) is 4.79 Å². The third kappa shape index (κ3) is 1.89. The predicted molar refractivity (Wildman–Crippen MR) is 33.9 cm³/mol. The Kier molecular flexibility index (Phi) is 2.45. The molecule has 0 atom stereocenters. The molecule has 0 saturated carbocycles. The first-order chi connectivity index (χ1) is 4.04. The number of nitrogens with zero attached hydrogens (tertiary/aromatic N) is 1. The highest BCUT2D eigenvalue weighted by Gasteiger charge is 2.25. The van der Waals surface area contributed by atoms with Gasteiger partial charge in [0.05, 0.1) is 5.54 Å². The maximum atomic E-state index is 10.5. The SMILES string of the molecule is CNC(C)(C)C(=O)N=O. The van der Waals surface area contributed by atoms with E-state index in [-0.39, 0.29) is 0 Å². The summed E-state index contributed by atoms with van der Waals surface area (Å²) < 4.78 is 0. The van der Waals surface area contributed by atoms with E-state index in [9.17, 15) is 9.70 Å². The van der Waals surface area contributed by atoms with Crippen LogP contribution in [0.25, 0.3) is 0 Å². The summed E-state index contributed by atoms with van der Waals surface area (Å²) in [5.41, 5.74) is -0.818. The standard InChI is InChI=1S/C5H10N2O2/c1-5(2,6-3)4(8)7-9/h6H,1-3H3. The predicted octanol–water partition coefficient (Wildman–Crippen LogP) is 0.277. The van der Waals surface area contributed by atoms with Crippen molar-refractivity contribution < 1.29 is 4.79 Å². The van der Waals surface area contributed by atoms with Gasteiger partial charge in [-0.15, -0.1) is 4.91 Å². The third-order valence-electron chi connectivity index (χ3n) is 1.24. The fraction of sp³-hybridized carbons (Fsp3) is 0.800. The van der Waals surface area contributed by atoms with E-state index in [0.29, 0.717) is 0 Å². The van der Waals surface area contributed by atoms with E-state index >= 15 is 0 Å². The Hall–Kier alpha value is -0.770. The lowest BCUT2D eigenvalue weighted by Gasteiger charge is -2.16. The third-order valence-corrected chi connectivity index (χ3v) is 1.24. The van der Waals surface area contributed by atoms with Gasteiger partial charge in [0.2, 0.25) is 0 Å². The molecule has 0 unspecified atom stereocenters. The Morgan fingerprint density at radius 2 is 2.00 bits per heavy atom. The maximum absolute atomic E-state index is 10.5. The van der Waals surface area contributed by atoms with Crippen LogP contribution in [0.5, 0.6) is 0 Å². The molecule has 52 valence electrons. The topological polar surface area (TPSA) is 58.5 Å². The average Bonchev–Trinajstić information content (AvgIpc) is 1.86. The van der Waals surface area contributed by atoms with Gasteiger partial charge in [-0.2, -0.15) is 0 Å². The molecule has 0 radical (unpaired) electrons. The molecule has 0 aliphatic heterocycles. The summed E-state index contributed by atoms with van der Waals surface area (Å²) in [6.45, 7) is 3.19. The summed E-state index contributed by atoms with van der Waals surface area (Å²) in [4.78, 5) is 20.2. The van der Waals surface area contributed by atoms with Crippen LogP contribution in [0.2, 0.25) is 0 Å². The number of likely N-dealkylation sites (N-methyl/N-ethyl adjacent to an activating group) is 1. The Labute approximate surface area is 53.6 Å². The molecule has 4 heteroatoms. The summed E-state index contributed by atoms with van der Waals surface area (Å²) in [6.07, 6.45) is 0. The second kappa shape index (κ2) is 2.68. The van der Waals surface area contributed by atoms with Crippen LogP contribution in [0.4, 0.5) is 0 Å². The summed E-state index contributed by atoms with van der Waals surface area (Å²) in [5, 5.41) is 4.93. The molecular weight excluding hydrogens is 120 g/mol. The Balaban J connectivity index is 4.13. The average molecular weight is 130 g/mol. The molecule has 1 N–H and O–H groups in total. The molecule has 0 aliphatic carbocycles. The van der Waals surface area contributed by atoms with Gasteiger partial charge in [0.1, 0.15) is 0 Å². The van der Waals surface area contributed by atoms with Crippen molar-refractivity contribution in [2.24, 2.45) is 5.18 Å². The van der Waals surface area contributed by atoms with Crippen molar-refractivity contribution in [1.29, 1.82) is 0 Å². The summed E-state index contributed by atoms with van der Waals surface area (Å²) >= 11 is 0. The second-order valence-electron chi connectivity index (χ2n) is 2.27. The fourth-order valence-corrected chi connectivity index (χ4v) is 0.221. The van der Waals surface area contributed by atoms with Crippen molar-refractivity contribution in [2.75, 3.05) is 7.05 Å². The molecule has 0 bridgehead atoms. The van der Waals surface area contributed by atoms with Crippen LogP contribution in [-0.2, 0) is 4.79 Å². The van der Waals surface area contributed by atoms with Crippen molar-refractivity contribution in [3.63, 3.8) is 0 Å². The molecule has 1 amide bonds. The van der Waals surface area contributed by atoms with Crippen molar-refractivity contribution >= 4 is 5.91 Å². The van der Waals surface area contributed by atoms with Crippen LogP contribution >= 0.6 is 0 Å². The van der Waals surface area contributed by atoms with E-state index in [0.717, 1.165) is 0 Å². The lowest BCUT2D eigenvalue weighted by atomic mass is 10.1. The van der Waals surface area contributed by atoms with E-state index in [4.69, 9.17) is 0 Å². The minimum Gasteiger partial charge on any atom is -0.307 e. The van der Waals surface area contributed by atoms with Crippen LogP contribution in [0.15, 0.2) is 5.18 Å². The largest absolute Gasteiger partial charge is 0.307 e. The normalized spacial score (nSPS) is 11.0. The Morgan fingerprint density at radius 1 is 1.56 bits per heavy atom. The number of nitroso groups, excluding NO2 is 1. The van der Waals surface area contributed by atoms with Crippen LogP contribution < -0.4 is 5.32 Å². The quantitative estimate of drug-likeness (QED) is 0.546. The van der Waals surface area contributed by atoms with Gasteiger partial charge in [0, 0.05) is 5.18 Å². The van der Waals surface area contributed by atoms with Crippen molar-refractivity contribution in [3.8, 4) is 0 Å². The molecule has 0 aromatic carbocycles. The first kappa shape index (κ1) is 8.23. The zero-order valence-electron chi connectivity index (χ0n) is 5.76. The highest BCUT2D eigenvalue weighted by atomic mass is 16.3. The molecular formula is C5H10N2O2.